The number of anilines is 2. The van der Waals surface area contributed by atoms with E-state index in [0.29, 0.717) is 28.3 Å². The molecule has 1 saturated heterocycles. The number of likely N-dealkylation sites (N-methyl/N-ethyl adjacent to an activating group) is 2. The maximum Gasteiger partial charge on any atom is 0.287 e. The second-order valence-corrected chi connectivity index (χ2v) is 12.6. The van der Waals surface area contributed by atoms with Crippen molar-refractivity contribution < 1.29 is 4.39 Å². The average Bonchev–Trinajstić information content (AvgIpc) is 3.42. The standard InChI is InChI=1S/C33H41FN6OS/c1-7-20(2)27(17-24-19-39(5)14-15-40(24)6)36-29-18-28(37-38-33(29)41)25-12-13-26(34)32(21(25)3)35-22(4)31-16-23-10-8-9-11-30(23)42-31/h12-13,16-18,35H,4,7-11,14-15,19H2,1-3,5-6H3,(H,36,37)(H,38,41)/b24-17-,27-20?. The summed E-state index contributed by atoms with van der Waals surface area (Å²) < 4.78 is 15.2. The van der Waals surface area contributed by atoms with Gasteiger partial charge in [-0.05, 0) is 94.5 Å². The topological polar surface area (TPSA) is 76.3 Å². The van der Waals surface area contributed by atoms with Gasteiger partial charge in [0, 0.05) is 54.2 Å². The minimum absolute atomic E-state index is 0.319. The van der Waals surface area contributed by atoms with Crippen LogP contribution in [0.2, 0.25) is 0 Å². The second-order valence-electron chi connectivity index (χ2n) is 11.4. The molecule has 2 aromatic heterocycles. The van der Waals surface area contributed by atoms with E-state index in [0.717, 1.165) is 60.6 Å². The molecular weight excluding hydrogens is 547 g/mol. The zero-order valence-electron chi connectivity index (χ0n) is 25.3. The summed E-state index contributed by atoms with van der Waals surface area (Å²) in [5.41, 5.74) is 7.68. The molecule has 1 fully saturated rings. The minimum Gasteiger partial charge on any atom is -0.375 e. The Morgan fingerprint density at radius 3 is 2.74 bits per heavy atom. The van der Waals surface area contributed by atoms with Gasteiger partial charge in [0.05, 0.1) is 16.3 Å². The predicted molar refractivity (Wildman–Crippen MR) is 173 cm³/mol. The van der Waals surface area contributed by atoms with Crippen LogP contribution in [0.15, 0.2) is 58.7 Å². The number of nitrogens with one attached hydrogen (secondary N) is 3. The summed E-state index contributed by atoms with van der Waals surface area (Å²) in [5.74, 6) is -0.363. The van der Waals surface area contributed by atoms with Crippen molar-refractivity contribution in [1.29, 1.82) is 0 Å². The van der Waals surface area contributed by atoms with E-state index in [1.807, 2.05) is 6.92 Å². The van der Waals surface area contributed by atoms with Crippen LogP contribution >= 0.6 is 11.3 Å². The van der Waals surface area contributed by atoms with E-state index in [-0.39, 0.29) is 11.4 Å². The first-order valence-corrected chi connectivity index (χ1v) is 15.5. The van der Waals surface area contributed by atoms with Gasteiger partial charge < -0.3 is 15.5 Å². The number of H-pyrrole nitrogens is 1. The highest BCUT2D eigenvalue weighted by molar-refractivity contribution is 7.13. The number of halogens is 1. The van der Waals surface area contributed by atoms with Gasteiger partial charge >= 0.3 is 0 Å². The zero-order valence-corrected chi connectivity index (χ0v) is 26.1. The maximum absolute atomic E-state index is 15.2. The minimum atomic E-state index is -0.363. The number of piperazine rings is 1. The molecule has 2 aliphatic rings. The number of thiophene rings is 1. The number of allylic oxidation sites excluding steroid dienone is 2. The number of aryl methyl sites for hydroxylation is 2. The molecule has 7 nitrogen and oxygen atoms in total. The van der Waals surface area contributed by atoms with Crippen LogP contribution in [0.4, 0.5) is 15.8 Å². The van der Waals surface area contributed by atoms with Crippen molar-refractivity contribution in [2.75, 3.05) is 44.4 Å². The fourth-order valence-electron chi connectivity index (χ4n) is 5.46. The lowest BCUT2D eigenvalue weighted by Gasteiger charge is -2.34. The smallest absolute Gasteiger partial charge is 0.287 e. The Bertz CT molecular complexity index is 1590. The molecule has 0 amide bonds. The molecule has 1 aromatic carbocycles. The number of hydrogen-bond donors (Lipinski definition) is 3. The molecule has 3 N–H and O–H groups in total. The normalized spacial score (nSPS) is 17.2. The van der Waals surface area contributed by atoms with Crippen LogP contribution in [0.25, 0.3) is 17.0 Å². The second kappa shape index (κ2) is 12.7. The molecule has 0 radical (unpaired) electrons. The van der Waals surface area contributed by atoms with Gasteiger partial charge in [-0.2, -0.15) is 5.10 Å². The summed E-state index contributed by atoms with van der Waals surface area (Å²) in [6.07, 6.45) is 7.59. The Balaban J connectivity index is 1.44. The van der Waals surface area contributed by atoms with E-state index < -0.39 is 0 Å². The number of aromatic nitrogens is 2. The van der Waals surface area contributed by atoms with Crippen LogP contribution < -0.4 is 16.2 Å². The lowest BCUT2D eigenvalue weighted by atomic mass is 9.99. The summed E-state index contributed by atoms with van der Waals surface area (Å²) in [4.78, 5) is 19.9. The summed E-state index contributed by atoms with van der Waals surface area (Å²) >= 11 is 1.74. The zero-order chi connectivity index (χ0) is 30.0. The first kappa shape index (κ1) is 29.8. The molecule has 42 heavy (non-hydrogen) atoms. The largest absolute Gasteiger partial charge is 0.375 e. The van der Waals surface area contributed by atoms with Gasteiger partial charge in [0.2, 0.25) is 0 Å². The molecule has 0 saturated carbocycles. The van der Waals surface area contributed by atoms with Gasteiger partial charge in [0.25, 0.3) is 5.56 Å². The number of aromatic amines is 1. The third kappa shape index (κ3) is 6.37. The summed E-state index contributed by atoms with van der Waals surface area (Å²) in [6, 6.07) is 7.07. The Hall–Kier alpha value is -3.69. The highest BCUT2D eigenvalue weighted by atomic mass is 32.1. The van der Waals surface area contributed by atoms with E-state index in [4.69, 9.17) is 0 Å². The predicted octanol–water partition coefficient (Wildman–Crippen LogP) is 6.76. The fourth-order valence-corrected chi connectivity index (χ4v) is 6.64. The number of hydrogen-bond acceptors (Lipinski definition) is 7. The van der Waals surface area contributed by atoms with E-state index in [2.05, 4.69) is 77.3 Å². The molecular formula is C33H41FN6OS. The lowest BCUT2D eigenvalue weighted by Crippen LogP contribution is -2.40. The van der Waals surface area contributed by atoms with E-state index in [1.165, 1.54) is 35.0 Å². The fraction of sp³-hybridized carbons (Fsp3) is 0.394. The number of benzene rings is 1. The van der Waals surface area contributed by atoms with Crippen molar-refractivity contribution in [3.8, 4) is 11.3 Å². The molecule has 3 aromatic rings. The first-order chi connectivity index (χ1) is 20.1. The van der Waals surface area contributed by atoms with Crippen LogP contribution in [0.1, 0.15) is 54.0 Å². The maximum atomic E-state index is 15.2. The van der Waals surface area contributed by atoms with E-state index >= 15 is 4.39 Å². The van der Waals surface area contributed by atoms with Crippen molar-refractivity contribution in [2.45, 2.75) is 52.9 Å². The first-order valence-electron chi connectivity index (χ1n) is 14.7. The van der Waals surface area contributed by atoms with Gasteiger partial charge in [0.1, 0.15) is 11.5 Å². The Morgan fingerprint density at radius 2 is 1.98 bits per heavy atom. The number of rotatable bonds is 8. The van der Waals surface area contributed by atoms with Crippen molar-refractivity contribution in [3.63, 3.8) is 0 Å². The Labute approximate surface area is 251 Å². The third-order valence-corrected chi connectivity index (χ3v) is 9.67. The molecule has 9 heteroatoms. The van der Waals surface area contributed by atoms with Crippen molar-refractivity contribution in [1.82, 2.24) is 20.0 Å². The molecule has 1 aliphatic heterocycles. The molecule has 5 rings (SSSR count). The monoisotopic (exact) mass is 588 g/mol. The van der Waals surface area contributed by atoms with Gasteiger partial charge in [-0.3, -0.25) is 9.69 Å². The van der Waals surface area contributed by atoms with Crippen LogP contribution in [0.3, 0.4) is 0 Å². The molecule has 0 unspecified atom stereocenters. The molecule has 0 atom stereocenters. The van der Waals surface area contributed by atoms with Crippen molar-refractivity contribution >= 4 is 28.4 Å². The Kier molecular flexibility index (Phi) is 8.99. The van der Waals surface area contributed by atoms with Crippen LogP contribution in [0, 0.1) is 12.7 Å². The van der Waals surface area contributed by atoms with Gasteiger partial charge in [-0.1, -0.05) is 19.1 Å². The summed E-state index contributed by atoms with van der Waals surface area (Å²) in [5, 5.41) is 13.6. The van der Waals surface area contributed by atoms with E-state index in [1.54, 1.807) is 23.5 Å². The average molecular weight is 589 g/mol. The SMILES string of the molecule is C=C(Nc1c(F)ccc(-c2cc(NC(/C=C3/CN(C)CCN3C)=C(C)CC)c(=O)[nH]n2)c1C)c1cc2c(s1)CCCC2. The molecule has 3 heterocycles. The highest BCUT2D eigenvalue weighted by Gasteiger charge is 2.19. The molecule has 1 aliphatic carbocycles. The van der Waals surface area contributed by atoms with E-state index in [9.17, 15) is 4.79 Å². The van der Waals surface area contributed by atoms with Crippen LogP contribution in [-0.2, 0) is 12.8 Å². The molecule has 0 spiro atoms. The van der Waals surface area contributed by atoms with Gasteiger partial charge in [0.15, 0.2) is 0 Å². The van der Waals surface area contributed by atoms with Crippen molar-refractivity contribution in [2.24, 2.45) is 0 Å². The number of fused-ring (bicyclic) bond motifs is 1. The lowest BCUT2D eigenvalue weighted by molar-refractivity contribution is 0.229. The van der Waals surface area contributed by atoms with Gasteiger partial charge in [-0.15, -0.1) is 11.3 Å². The number of nitrogens with zero attached hydrogens (tertiary/aromatic N) is 3. The Morgan fingerprint density at radius 1 is 1.19 bits per heavy atom. The summed E-state index contributed by atoms with van der Waals surface area (Å²) in [7, 11) is 4.21. The van der Waals surface area contributed by atoms with Gasteiger partial charge in [-0.25, -0.2) is 9.49 Å². The molecule has 222 valence electrons. The van der Waals surface area contributed by atoms with Crippen LogP contribution in [-0.4, -0.2) is 53.7 Å². The molecule has 0 bridgehead atoms. The van der Waals surface area contributed by atoms with Crippen LogP contribution in [0.5, 0.6) is 0 Å². The third-order valence-electron chi connectivity index (χ3n) is 8.37. The summed E-state index contributed by atoms with van der Waals surface area (Å²) in [6.45, 7) is 13.1. The highest BCUT2D eigenvalue weighted by Crippen LogP contribution is 2.36. The quantitative estimate of drug-likeness (QED) is 0.270. The van der Waals surface area contributed by atoms with Crippen molar-refractivity contribution in [3.05, 3.63) is 90.9 Å².